The third-order valence-electron chi connectivity index (χ3n) is 3.11. The molecule has 0 fully saturated rings. The van der Waals surface area contributed by atoms with Crippen LogP contribution in [0, 0.1) is 6.92 Å². The molecule has 1 unspecified atom stereocenters. The van der Waals surface area contributed by atoms with Crippen LogP contribution in [0.2, 0.25) is 0 Å². The van der Waals surface area contributed by atoms with Gasteiger partial charge in [-0.1, -0.05) is 19.4 Å². The molecule has 1 rings (SSSR count). The number of aryl methyl sites for hydroxylation is 1. The summed E-state index contributed by atoms with van der Waals surface area (Å²) in [6, 6.07) is 3.95. The van der Waals surface area contributed by atoms with Crippen molar-refractivity contribution >= 4 is 0 Å². The Morgan fingerprint density at radius 1 is 1.29 bits per heavy atom. The number of pyridine rings is 1. The Hall–Kier alpha value is -1.01. The Morgan fingerprint density at radius 2 is 2.10 bits per heavy atom. The highest BCUT2D eigenvalue weighted by molar-refractivity contribution is 5.17. The third kappa shape index (κ3) is 8.78. The Bertz CT molecular complexity index is 374. The number of aromatic nitrogens is 1. The summed E-state index contributed by atoms with van der Waals surface area (Å²) in [5.41, 5.74) is 2.16. The van der Waals surface area contributed by atoms with E-state index in [2.05, 4.69) is 17.2 Å². The number of unbranched alkanes of at least 4 members (excludes halogenated alkanes) is 1. The normalized spacial score (nSPS) is 12.5. The van der Waals surface area contributed by atoms with Gasteiger partial charge in [-0.25, -0.2) is 0 Å². The van der Waals surface area contributed by atoms with E-state index in [4.69, 9.17) is 9.47 Å². The number of rotatable bonds is 12. The van der Waals surface area contributed by atoms with Crippen LogP contribution >= 0.6 is 0 Å². The molecule has 1 aromatic rings. The molecule has 120 valence electrons. The Kier molecular flexibility index (Phi) is 9.99. The van der Waals surface area contributed by atoms with Crippen molar-refractivity contribution in [3.63, 3.8) is 0 Å². The molecule has 2 N–H and O–H groups in total. The number of aliphatic hydroxyl groups is 1. The first-order chi connectivity index (χ1) is 10.2. The zero-order valence-electron chi connectivity index (χ0n) is 13.2. The Labute approximate surface area is 127 Å². The fourth-order valence-corrected chi connectivity index (χ4v) is 1.81. The van der Waals surface area contributed by atoms with Gasteiger partial charge in [-0.15, -0.1) is 0 Å². The van der Waals surface area contributed by atoms with Gasteiger partial charge < -0.3 is 19.9 Å². The SMILES string of the molecule is CCCCOCCOCC(O)CNCc1ncccc1C. The fourth-order valence-electron chi connectivity index (χ4n) is 1.81. The standard InChI is InChI=1S/C16H28N2O3/c1-3-4-8-20-9-10-21-13-15(19)11-17-12-16-14(2)6-5-7-18-16/h5-7,15,17,19H,3-4,8-13H2,1-2H3. The minimum atomic E-state index is -0.510. The van der Waals surface area contributed by atoms with E-state index < -0.39 is 6.10 Å². The molecular formula is C16H28N2O3. The summed E-state index contributed by atoms with van der Waals surface area (Å²) in [6.45, 7) is 7.54. The highest BCUT2D eigenvalue weighted by Crippen LogP contribution is 2.02. The van der Waals surface area contributed by atoms with E-state index in [1.807, 2.05) is 19.1 Å². The second-order valence-corrected chi connectivity index (χ2v) is 5.09. The summed E-state index contributed by atoms with van der Waals surface area (Å²) in [6.07, 6.45) is 3.49. The fraction of sp³-hybridized carbons (Fsp3) is 0.688. The van der Waals surface area contributed by atoms with Gasteiger partial charge in [0.1, 0.15) is 0 Å². The highest BCUT2D eigenvalue weighted by Gasteiger charge is 2.05. The number of nitrogens with zero attached hydrogens (tertiary/aromatic N) is 1. The lowest BCUT2D eigenvalue weighted by molar-refractivity contribution is 0.00383. The van der Waals surface area contributed by atoms with Crippen LogP contribution < -0.4 is 5.32 Å². The van der Waals surface area contributed by atoms with E-state index in [1.54, 1.807) is 6.20 Å². The monoisotopic (exact) mass is 296 g/mol. The lowest BCUT2D eigenvalue weighted by atomic mass is 10.2. The second kappa shape index (κ2) is 11.6. The van der Waals surface area contributed by atoms with E-state index in [9.17, 15) is 5.11 Å². The van der Waals surface area contributed by atoms with Gasteiger partial charge in [0.2, 0.25) is 0 Å². The van der Waals surface area contributed by atoms with Gasteiger partial charge in [0.25, 0.3) is 0 Å². The molecule has 0 radical (unpaired) electrons. The van der Waals surface area contributed by atoms with E-state index in [1.165, 1.54) is 0 Å². The van der Waals surface area contributed by atoms with Crippen molar-refractivity contribution in [3.8, 4) is 0 Å². The van der Waals surface area contributed by atoms with Crippen LogP contribution in [0.1, 0.15) is 31.0 Å². The number of ether oxygens (including phenoxy) is 2. The average Bonchev–Trinajstić information content (AvgIpc) is 2.48. The Morgan fingerprint density at radius 3 is 2.86 bits per heavy atom. The summed E-state index contributed by atoms with van der Waals surface area (Å²) in [5.74, 6) is 0. The molecule has 1 heterocycles. The van der Waals surface area contributed by atoms with Gasteiger partial charge in [-0.05, 0) is 25.0 Å². The predicted octanol–water partition coefficient (Wildman–Crippen LogP) is 1.67. The molecule has 0 aliphatic rings. The van der Waals surface area contributed by atoms with E-state index >= 15 is 0 Å². The van der Waals surface area contributed by atoms with Crippen LogP contribution in [0.15, 0.2) is 18.3 Å². The molecule has 0 bridgehead atoms. The molecule has 21 heavy (non-hydrogen) atoms. The molecule has 5 heteroatoms. The molecule has 0 aliphatic heterocycles. The van der Waals surface area contributed by atoms with Gasteiger partial charge >= 0.3 is 0 Å². The van der Waals surface area contributed by atoms with Crippen LogP contribution in [-0.4, -0.2) is 49.2 Å². The van der Waals surface area contributed by atoms with Crippen molar-refractivity contribution in [2.24, 2.45) is 0 Å². The molecule has 0 aromatic carbocycles. The number of hydrogen-bond acceptors (Lipinski definition) is 5. The van der Waals surface area contributed by atoms with E-state index in [-0.39, 0.29) is 0 Å². The summed E-state index contributed by atoms with van der Waals surface area (Å²) in [4.78, 5) is 4.29. The minimum Gasteiger partial charge on any atom is -0.389 e. The van der Waals surface area contributed by atoms with Gasteiger partial charge in [-0.3, -0.25) is 4.98 Å². The van der Waals surface area contributed by atoms with Crippen LogP contribution in [0.5, 0.6) is 0 Å². The van der Waals surface area contributed by atoms with Crippen LogP contribution in [0.3, 0.4) is 0 Å². The topological polar surface area (TPSA) is 63.6 Å². The third-order valence-corrected chi connectivity index (χ3v) is 3.11. The molecule has 0 saturated heterocycles. The molecule has 0 aliphatic carbocycles. The molecule has 0 amide bonds. The summed E-state index contributed by atoms with van der Waals surface area (Å²) >= 11 is 0. The van der Waals surface area contributed by atoms with E-state index in [0.717, 1.165) is 30.7 Å². The smallest absolute Gasteiger partial charge is 0.0897 e. The first-order valence-corrected chi connectivity index (χ1v) is 7.68. The van der Waals surface area contributed by atoms with Gasteiger partial charge in [0.15, 0.2) is 0 Å². The van der Waals surface area contributed by atoms with Gasteiger partial charge in [0.05, 0.1) is 31.6 Å². The first kappa shape index (κ1) is 18.0. The maximum Gasteiger partial charge on any atom is 0.0897 e. The highest BCUT2D eigenvalue weighted by atomic mass is 16.5. The largest absolute Gasteiger partial charge is 0.389 e. The number of hydrogen-bond donors (Lipinski definition) is 2. The van der Waals surface area contributed by atoms with Crippen molar-refractivity contribution in [1.29, 1.82) is 0 Å². The van der Waals surface area contributed by atoms with Crippen molar-refractivity contribution in [1.82, 2.24) is 10.3 Å². The van der Waals surface area contributed by atoms with Crippen molar-refractivity contribution in [2.45, 2.75) is 39.3 Å². The van der Waals surface area contributed by atoms with Gasteiger partial charge in [0, 0.05) is 25.9 Å². The summed E-state index contributed by atoms with van der Waals surface area (Å²) in [7, 11) is 0. The van der Waals surface area contributed by atoms with Crippen LogP contribution in [-0.2, 0) is 16.0 Å². The predicted molar refractivity (Wildman–Crippen MR) is 83.2 cm³/mol. The molecule has 1 atom stereocenters. The molecule has 1 aromatic heterocycles. The summed E-state index contributed by atoms with van der Waals surface area (Å²) < 4.78 is 10.7. The van der Waals surface area contributed by atoms with Crippen molar-refractivity contribution < 1.29 is 14.6 Å². The number of nitrogens with one attached hydrogen (secondary N) is 1. The maximum absolute atomic E-state index is 9.79. The zero-order valence-corrected chi connectivity index (χ0v) is 13.2. The maximum atomic E-state index is 9.79. The van der Waals surface area contributed by atoms with E-state index in [0.29, 0.717) is 32.9 Å². The molecule has 5 nitrogen and oxygen atoms in total. The number of aliphatic hydroxyl groups excluding tert-OH is 1. The van der Waals surface area contributed by atoms with Gasteiger partial charge in [-0.2, -0.15) is 0 Å². The second-order valence-electron chi connectivity index (χ2n) is 5.09. The minimum absolute atomic E-state index is 0.325. The lowest BCUT2D eigenvalue weighted by Gasteiger charge is -2.13. The lowest BCUT2D eigenvalue weighted by Crippen LogP contribution is -2.31. The molecular weight excluding hydrogens is 268 g/mol. The van der Waals surface area contributed by atoms with Crippen molar-refractivity contribution in [3.05, 3.63) is 29.6 Å². The molecule has 0 spiro atoms. The molecule has 0 saturated carbocycles. The van der Waals surface area contributed by atoms with Crippen molar-refractivity contribution in [2.75, 3.05) is 33.0 Å². The quantitative estimate of drug-likeness (QED) is 0.575. The first-order valence-electron chi connectivity index (χ1n) is 7.68. The zero-order chi connectivity index (χ0) is 15.3. The van der Waals surface area contributed by atoms with Crippen LogP contribution in [0.4, 0.5) is 0 Å². The summed E-state index contributed by atoms with van der Waals surface area (Å²) in [5, 5.41) is 13.0. The Balaban J connectivity index is 1.99. The average molecular weight is 296 g/mol. The van der Waals surface area contributed by atoms with Crippen LogP contribution in [0.25, 0.3) is 0 Å².